The number of hydrogen-bond donors (Lipinski definition) is 2. The minimum atomic E-state index is -3.73. The Morgan fingerprint density at radius 2 is 1.61 bits per heavy atom. The molecular weight excluding hydrogens is 412 g/mol. The lowest BCUT2D eigenvalue weighted by Crippen LogP contribution is -2.21. The lowest BCUT2D eigenvalue weighted by Gasteiger charge is -2.13. The maximum absolute atomic E-state index is 12.7. The van der Waals surface area contributed by atoms with Gasteiger partial charge in [0.2, 0.25) is 0 Å². The Bertz CT molecular complexity index is 1200. The standard InChI is InChI=1S/C24H26N2O4S/c1-16-8-10-20(11-9-16)26-31(28,29)21-12-13-23(18(3)14-21)30-15-24(27)25-22-7-5-6-17(2)19(22)4/h5-14,26H,15H2,1-4H3,(H,25,27). The molecule has 0 aliphatic heterocycles. The molecule has 6 nitrogen and oxygen atoms in total. The molecule has 3 aromatic carbocycles. The summed E-state index contributed by atoms with van der Waals surface area (Å²) < 4.78 is 33.5. The number of rotatable bonds is 7. The summed E-state index contributed by atoms with van der Waals surface area (Å²) in [5.74, 6) is 0.163. The molecular formula is C24H26N2O4S. The fraction of sp³-hybridized carbons (Fsp3) is 0.208. The minimum absolute atomic E-state index is 0.123. The molecule has 0 aromatic heterocycles. The number of hydrogen-bond acceptors (Lipinski definition) is 4. The van der Waals surface area contributed by atoms with Gasteiger partial charge in [-0.05, 0) is 80.8 Å². The van der Waals surface area contributed by atoms with Gasteiger partial charge in [-0.1, -0.05) is 29.8 Å². The van der Waals surface area contributed by atoms with Gasteiger partial charge in [-0.25, -0.2) is 8.42 Å². The Morgan fingerprint density at radius 3 is 2.29 bits per heavy atom. The Balaban J connectivity index is 1.65. The molecule has 1 amide bonds. The molecule has 0 bridgehead atoms. The summed E-state index contributed by atoms with van der Waals surface area (Å²) in [7, 11) is -3.73. The normalized spacial score (nSPS) is 11.1. The maximum atomic E-state index is 12.7. The second-order valence-electron chi connectivity index (χ2n) is 7.48. The van der Waals surface area contributed by atoms with Gasteiger partial charge in [-0.15, -0.1) is 0 Å². The van der Waals surface area contributed by atoms with Crippen molar-refractivity contribution >= 4 is 27.3 Å². The number of anilines is 2. The highest BCUT2D eigenvalue weighted by Crippen LogP contribution is 2.24. The summed E-state index contributed by atoms with van der Waals surface area (Å²) in [5.41, 5.74) is 4.99. The van der Waals surface area contributed by atoms with Gasteiger partial charge in [0, 0.05) is 11.4 Å². The van der Waals surface area contributed by atoms with E-state index in [-0.39, 0.29) is 17.4 Å². The van der Waals surface area contributed by atoms with Crippen LogP contribution < -0.4 is 14.8 Å². The van der Waals surface area contributed by atoms with Crippen molar-refractivity contribution in [1.82, 2.24) is 0 Å². The van der Waals surface area contributed by atoms with Gasteiger partial charge >= 0.3 is 0 Å². The van der Waals surface area contributed by atoms with Crippen molar-refractivity contribution in [3.05, 3.63) is 82.9 Å². The summed E-state index contributed by atoms with van der Waals surface area (Å²) in [6.07, 6.45) is 0. The van der Waals surface area contributed by atoms with E-state index in [1.807, 2.05) is 51.1 Å². The van der Waals surface area contributed by atoms with E-state index in [1.54, 1.807) is 25.1 Å². The van der Waals surface area contributed by atoms with Crippen LogP contribution in [0.1, 0.15) is 22.3 Å². The molecule has 0 aliphatic rings. The molecule has 3 rings (SSSR count). The second kappa shape index (κ2) is 9.22. The van der Waals surface area contributed by atoms with Crippen LogP contribution >= 0.6 is 0 Å². The molecule has 0 fully saturated rings. The highest BCUT2D eigenvalue weighted by molar-refractivity contribution is 7.92. The van der Waals surface area contributed by atoms with E-state index in [2.05, 4.69) is 10.0 Å². The van der Waals surface area contributed by atoms with Crippen LogP contribution in [-0.2, 0) is 14.8 Å². The predicted molar refractivity (Wildman–Crippen MR) is 123 cm³/mol. The summed E-state index contributed by atoms with van der Waals surface area (Å²) in [5, 5.41) is 2.84. The number of carbonyl (C=O) groups is 1. The van der Waals surface area contributed by atoms with E-state index in [0.29, 0.717) is 17.0 Å². The topological polar surface area (TPSA) is 84.5 Å². The first-order valence-electron chi connectivity index (χ1n) is 9.85. The predicted octanol–water partition coefficient (Wildman–Crippen LogP) is 4.74. The molecule has 31 heavy (non-hydrogen) atoms. The molecule has 2 N–H and O–H groups in total. The van der Waals surface area contributed by atoms with Gasteiger partial charge in [0.05, 0.1) is 4.90 Å². The molecule has 0 spiro atoms. The van der Waals surface area contributed by atoms with Gasteiger partial charge < -0.3 is 10.1 Å². The van der Waals surface area contributed by atoms with Gasteiger partial charge in [0.15, 0.2) is 6.61 Å². The quantitative estimate of drug-likeness (QED) is 0.558. The number of amides is 1. The molecule has 0 saturated heterocycles. The first-order valence-corrected chi connectivity index (χ1v) is 11.3. The molecule has 0 unspecified atom stereocenters. The summed E-state index contributed by atoms with van der Waals surface area (Å²) in [6, 6.07) is 17.3. The molecule has 0 saturated carbocycles. The highest BCUT2D eigenvalue weighted by atomic mass is 32.2. The van der Waals surface area contributed by atoms with Crippen molar-refractivity contribution in [2.75, 3.05) is 16.6 Å². The molecule has 0 heterocycles. The first-order chi connectivity index (χ1) is 14.7. The van der Waals surface area contributed by atoms with Gasteiger partial charge in [0.1, 0.15) is 5.75 Å². The van der Waals surface area contributed by atoms with E-state index in [4.69, 9.17) is 4.74 Å². The van der Waals surface area contributed by atoms with Gasteiger partial charge in [-0.3, -0.25) is 9.52 Å². The summed E-state index contributed by atoms with van der Waals surface area (Å²) in [6.45, 7) is 7.42. The summed E-state index contributed by atoms with van der Waals surface area (Å²) >= 11 is 0. The van der Waals surface area contributed by atoms with E-state index >= 15 is 0 Å². The minimum Gasteiger partial charge on any atom is -0.483 e. The van der Waals surface area contributed by atoms with Crippen LogP contribution in [0.3, 0.4) is 0 Å². The van der Waals surface area contributed by atoms with Crippen LogP contribution in [-0.4, -0.2) is 20.9 Å². The number of nitrogens with one attached hydrogen (secondary N) is 2. The highest BCUT2D eigenvalue weighted by Gasteiger charge is 2.16. The van der Waals surface area contributed by atoms with Crippen LogP contribution in [0, 0.1) is 27.7 Å². The largest absolute Gasteiger partial charge is 0.483 e. The second-order valence-corrected chi connectivity index (χ2v) is 9.17. The molecule has 3 aromatic rings. The van der Waals surface area contributed by atoms with Crippen molar-refractivity contribution in [1.29, 1.82) is 0 Å². The van der Waals surface area contributed by atoms with Gasteiger partial charge in [-0.2, -0.15) is 0 Å². The first kappa shape index (κ1) is 22.4. The van der Waals surface area contributed by atoms with Crippen LogP contribution in [0.25, 0.3) is 0 Å². The lowest BCUT2D eigenvalue weighted by atomic mass is 10.1. The lowest BCUT2D eigenvalue weighted by molar-refractivity contribution is -0.118. The fourth-order valence-corrected chi connectivity index (χ4v) is 4.15. The van der Waals surface area contributed by atoms with E-state index in [9.17, 15) is 13.2 Å². The molecule has 7 heteroatoms. The third kappa shape index (κ3) is 5.64. The van der Waals surface area contributed by atoms with E-state index in [0.717, 1.165) is 22.4 Å². The zero-order valence-electron chi connectivity index (χ0n) is 18.0. The number of sulfonamides is 1. The summed E-state index contributed by atoms with van der Waals surface area (Å²) in [4.78, 5) is 12.4. The average Bonchev–Trinajstić information content (AvgIpc) is 2.72. The Morgan fingerprint density at radius 1 is 0.903 bits per heavy atom. The van der Waals surface area contributed by atoms with Crippen LogP contribution in [0.15, 0.2) is 65.6 Å². The van der Waals surface area contributed by atoms with Crippen molar-refractivity contribution in [2.24, 2.45) is 0 Å². The maximum Gasteiger partial charge on any atom is 0.262 e. The fourth-order valence-electron chi connectivity index (χ4n) is 3.00. The third-order valence-corrected chi connectivity index (χ3v) is 6.38. The van der Waals surface area contributed by atoms with E-state index in [1.165, 1.54) is 12.1 Å². The molecule has 0 radical (unpaired) electrons. The third-order valence-electron chi connectivity index (χ3n) is 5.00. The Kier molecular flexibility index (Phi) is 6.65. The number of benzene rings is 3. The van der Waals surface area contributed by atoms with Crippen molar-refractivity contribution in [3.63, 3.8) is 0 Å². The average molecular weight is 439 g/mol. The van der Waals surface area contributed by atoms with Crippen molar-refractivity contribution in [3.8, 4) is 5.75 Å². The number of aryl methyl sites for hydroxylation is 3. The van der Waals surface area contributed by atoms with E-state index < -0.39 is 10.0 Å². The number of carbonyl (C=O) groups excluding carboxylic acids is 1. The van der Waals surface area contributed by atoms with Crippen molar-refractivity contribution in [2.45, 2.75) is 32.6 Å². The zero-order valence-corrected chi connectivity index (χ0v) is 18.8. The number of ether oxygens (including phenoxy) is 1. The van der Waals surface area contributed by atoms with Crippen molar-refractivity contribution < 1.29 is 17.9 Å². The molecule has 0 atom stereocenters. The van der Waals surface area contributed by atoms with Crippen LogP contribution in [0.2, 0.25) is 0 Å². The van der Waals surface area contributed by atoms with Crippen LogP contribution in [0.4, 0.5) is 11.4 Å². The molecule has 162 valence electrons. The Labute approximate surface area is 183 Å². The monoisotopic (exact) mass is 438 g/mol. The smallest absolute Gasteiger partial charge is 0.262 e. The SMILES string of the molecule is Cc1ccc(NS(=O)(=O)c2ccc(OCC(=O)Nc3cccc(C)c3C)c(C)c2)cc1. The zero-order chi connectivity index (χ0) is 22.6. The van der Waals surface area contributed by atoms with Gasteiger partial charge in [0.25, 0.3) is 15.9 Å². The van der Waals surface area contributed by atoms with Crippen LogP contribution in [0.5, 0.6) is 5.75 Å². The molecule has 0 aliphatic carbocycles. The Hall–Kier alpha value is -3.32.